The topological polar surface area (TPSA) is 89.9 Å². The molecule has 0 heterocycles. The summed E-state index contributed by atoms with van der Waals surface area (Å²) in [4.78, 5) is 26.1. The lowest BCUT2D eigenvalue weighted by Gasteiger charge is -2.15. The molecule has 0 spiro atoms. The maximum atomic E-state index is 12.7. The molecule has 0 atom stereocenters. The molecule has 3 rings (SSSR count). The number of benzene rings is 3. The van der Waals surface area contributed by atoms with Gasteiger partial charge in [-0.15, -0.1) is 0 Å². The van der Waals surface area contributed by atoms with Crippen molar-refractivity contribution in [1.82, 2.24) is 0 Å². The summed E-state index contributed by atoms with van der Waals surface area (Å²) in [5.41, 5.74) is 2.59. The molecule has 6 nitrogen and oxygen atoms in total. The molecule has 0 aliphatic carbocycles. The Morgan fingerprint density at radius 3 is 2.21 bits per heavy atom. The highest BCUT2D eigenvalue weighted by Gasteiger charge is 2.18. The van der Waals surface area contributed by atoms with Crippen LogP contribution in [0.25, 0.3) is 11.1 Å². The van der Waals surface area contributed by atoms with Crippen molar-refractivity contribution in [1.29, 1.82) is 0 Å². The molecular formula is C22H20N2O4. The minimum absolute atomic E-state index is 0.0312. The number of carbonyl (C=O) groups is 2. The Labute approximate surface area is 162 Å². The summed E-state index contributed by atoms with van der Waals surface area (Å²) in [6.45, 7) is 0. The van der Waals surface area contributed by atoms with Gasteiger partial charge in [0.05, 0.1) is 16.8 Å². The maximum Gasteiger partial charge on any atom is 0.337 e. The van der Waals surface area contributed by atoms with Gasteiger partial charge in [0, 0.05) is 19.8 Å². The van der Waals surface area contributed by atoms with Crippen LogP contribution in [0.2, 0.25) is 0 Å². The van der Waals surface area contributed by atoms with E-state index in [1.807, 2.05) is 44.4 Å². The van der Waals surface area contributed by atoms with E-state index in [-0.39, 0.29) is 22.6 Å². The Hall–Kier alpha value is -3.80. The largest absolute Gasteiger partial charge is 0.507 e. The smallest absolute Gasteiger partial charge is 0.337 e. The van der Waals surface area contributed by atoms with Crippen molar-refractivity contribution in [2.75, 3.05) is 24.3 Å². The van der Waals surface area contributed by atoms with Crippen molar-refractivity contribution in [2.24, 2.45) is 0 Å². The normalized spacial score (nSPS) is 10.4. The summed E-state index contributed by atoms with van der Waals surface area (Å²) in [5, 5.41) is 22.2. The first-order valence-corrected chi connectivity index (χ1v) is 8.61. The van der Waals surface area contributed by atoms with Gasteiger partial charge in [-0.25, -0.2) is 4.79 Å². The van der Waals surface area contributed by atoms with Crippen LogP contribution in [-0.4, -0.2) is 36.2 Å². The van der Waals surface area contributed by atoms with E-state index in [0.717, 1.165) is 16.8 Å². The number of aromatic hydroxyl groups is 1. The molecule has 0 radical (unpaired) electrons. The third-order valence-electron chi connectivity index (χ3n) is 4.35. The van der Waals surface area contributed by atoms with Gasteiger partial charge in [0.2, 0.25) is 0 Å². The van der Waals surface area contributed by atoms with E-state index in [2.05, 4.69) is 5.32 Å². The Kier molecular flexibility index (Phi) is 5.31. The number of carboxylic acids is 1. The van der Waals surface area contributed by atoms with E-state index in [1.165, 1.54) is 12.1 Å². The van der Waals surface area contributed by atoms with Crippen molar-refractivity contribution < 1.29 is 19.8 Å². The van der Waals surface area contributed by atoms with Gasteiger partial charge in [-0.05, 0) is 41.5 Å². The van der Waals surface area contributed by atoms with Crippen LogP contribution in [0.3, 0.4) is 0 Å². The number of carbonyl (C=O) groups excluding carboxylic acids is 1. The van der Waals surface area contributed by atoms with Crippen molar-refractivity contribution in [3.8, 4) is 16.9 Å². The zero-order valence-corrected chi connectivity index (χ0v) is 15.5. The molecule has 0 saturated carbocycles. The highest BCUT2D eigenvalue weighted by molar-refractivity contribution is 6.10. The Morgan fingerprint density at radius 2 is 1.57 bits per heavy atom. The summed E-state index contributed by atoms with van der Waals surface area (Å²) < 4.78 is 0. The van der Waals surface area contributed by atoms with Crippen LogP contribution >= 0.6 is 0 Å². The van der Waals surface area contributed by atoms with Crippen molar-refractivity contribution in [2.45, 2.75) is 0 Å². The van der Waals surface area contributed by atoms with Crippen LogP contribution in [0.15, 0.2) is 66.7 Å². The number of hydrogen-bond acceptors (Lipinski definition) is 4. The van der Waals surface area contributed by atoms with Crippen molar-refractivity contribution in [3.05, 3.63) is 77.9 Å². The summed E-state index contributed by atoms with van der Waals surface area (Å²) in [6.07, 6.45) is 0. The molecule has 1 amide bonds. The molecular weight excluding hydrogens is 356 g/mol. The number of hydrogen-bond donors (Lipinski definition) is 3. The average molecular weight is 376 g/mol. The lowest BCUT2D eigenvalue weighted by Crippen LogP contribution is -2.16. The molecule has 0 unspecified atom stereocenters. The summed E-state index contributed by atoms with van der Waals surface area (Å²) in [6, 6.07) is 18.9. The van der Waals surface area contributed by atoms with Crippen LogP contribution in [0.4, 0.5) is 11.4 Å². The zero-order valence-electron chi connectivity index (χ0n) is 15.5. The number of anilines is 2. The second kappa shape index (κ2) is 7.84. The molecule has 0 bridgehead atoms. The lowest BCUT2D eigenvalue weighted by atomic mass is 10.0. The van der Waals surface area contributed by atoms with Gasteiger partial charge in [-0.3, -0.25) is 4.79 Å². The van der Waals surface area contributed by atoms with E-state index in [0.29, 0.717) is 0 Å². The lowest BCUT2D eigenvalue weighted by molar-refractivity contribution is 0.0698. The molecule has 3 aromatic rings. The summed E-state index contributed by atoms with van der Waals surface area (Å²) >= 11 is 0. The molecule has 0 aliphatic heterocycles. The van der Waals surface area contributed by atoms with Crippen LogP contribution in [-0.2, 0) is 0 Å². The monoisotopic (exact) mass is 376 g/mol. The van der Waals surface area contributed by atoms with Crippen LogP contribution in [0, 0.1) is 0 Å². The van der Waals surface area contributed by atoms with Crippen molar-refractivity contribution >= 4 is 23.3 Å². The quantitative estimate of drug-likeness (QED) is 0.624. The van der Waals surface area contributed by atoms with E-state index >= 15 is 0 Å². The molecule has 0 aromatic heterocycles. The predicted molar refractivity (Wildman–Crippen MR) is 109 cm³/mol. The van der Waals surface area contributed by atoms with Gasteiger partial charge in [0.1, 0.15) is 5.75 Å². The fraction of sp³-hybridized carbons (Fsp3) is 0.0909. The molecule has 0 saturated heterocycles. The first-order valence-electron chi connectivity index (χ1n) is 8.61. The summed E-state index contributed by atoms with van der Waals surface area (Å²) in [7, 11) is 3.64. The van der Waals surface area contributed by atoms with Gasteiger partial charge in [-0.1, -0.05) is 36.4 Å². The van der Waals surface area contributed by atoms with Gasteiger partial charge < -0.3 is 20.4 Å². The number of aromatic carboxylic acids is 1. The molecule has 142 valence electrons. The van der Waals surface area contributed by atoms with E-state index in [4.69, 9.17) is 0 Å². The standard InChI is InChI=1S/C22H20N2O4/c1-24(2)16-9-11-20(25)18(13-16)21(26)23-19-12-15(8-10-17(19)22(27)28)14-6-4-3-5-7-14/h3-13,25H,1-2H3,(H,23,26)(H,27,28). The highest BCUT2D eigenvalue weighted by atomic mass is 16.4. The Balaban J connectivity index is 2.00. The van der Waals surface area contributed by atoms with E-state index < -0.39 is 11.9 Å². The highest BCUT2D eigenvalue weighted by Crippen LogP contribution is 2.28. The van der Waals surface area contributed by atoms with Gasteiger partial charge in [-0.2, -0.15) is 0 Å². The number of phenolic OH excluding ortho intramolecular Hbond substituents is 1. The van der Waals surface area contributed by atoms with Crippen LogP contribution < -0.4 is 10.2 Å². The minimum Gasteiger partial charge on any atom is -0.507 e. The average Bonchev–Trinajstić information content (AvgIpc) is 2.68. The second-order valence-corrected chi connectivity index (χ2v) is 6.48. The number of amides is 1. The fourth-order valence-corrected chi connectivity index (χ4v) is 2.82. The SMILES string of the molecule is CN(C)c1ccc(O)c(C(=O)Nc2cc(-c3ccccc3)ccc2C(=O)O)c1. The third kappa shape index (κ3) is 3.96. The molecule has 0 fully saturated rings. The molecule has 3 N–H and O–H groups in total. The predicted octanol–water partition coefficient (Wildman–Crippen LogP) is 4.08. The molecule has 0 aliphatic rings. The van der Waals surface area contributed by atoms with E-state index in [9.17, 15) is 19.8 Å². The van der Waals surface area contributed by atoms with Gasteiger partial charge in [0.25, 0.3) is 5.91 Å². The number of nitrogens with one attached hydrogen (secondary N) is 1. The molecule has 3 aromatic carbocycles. The zero-order chi connectivity index (χ0) is 20.3. The Bertz CT molecular complexity index is 1030. The first kappa shape index (κ1) is 19.0. The molecule has 28 heavy (non-hydrogen) atoms. The number of phenols is 1. The number of rotatable bonds is 5. The first-order chi connectivity index (χ1) is 13.4. The Morgan fingerprint density at radius 1 is 0.857 bits per heavy atom. The maximum absolute atomic E-state index is 12.7. The van der Waals surface area contributed by atoms with Crippen molar-refractivity contribution in [3.63, 3.8) is 0 Å². The van der Waals surface area contributed by atoms with Gasteiger partial charge in [0.15, 0.2) is 0 Å². The fourth-order valence-electron chi connectivity index (χ4n) is 2.82. The van der Waals surface area contributed by atoms with E-state index in [1.54, 1.807) is 29.2 Å². The number of nitrogens with zero attached hydrogens (tertiary/aromatic N) is 1. The van der Waals surface area contributed by atoms with Crippen LogP contribution in [0.1, 0.15) is 20.7 Å². The van der Waals surface area contributed by atoms with Gasteiger partial charge >= 0.3 is 5.97 Å². The number of carboxylic acid groups (broad SMARTS) is 1. The second-order valence-electron chi connectivity index (χ2n) is 6.48. The minimum atomic E-state index is -1.15. The third-order valence-corrected chi connectivity index (χ3v) is 4.35. The molecule has 6 heteroatoms. The van der Waals surface area contributed by atoms with Crippen LogP contribution in [0.5, 0.6) is 5.75 Å². The summed E-state index contributed by atoms with van der Waals surface area (Å²) in [5.74, 6) is -1.92.